The van der Waals surface area contributed by atoms with Crippen molar-refractivity contribution in [3.63, 3.8) is 0 Å². The van der Waals surface area contributed by atoms with Crippen LogP contribution >= 0.6 is 15.9 Å². The first-order valence-corrected chi connectivity index (χ1v) is 4.21. The molecule has 54 valence electrons. The number of fused-ring (bicyclic) bond motifs is 1. The van der Waals surface area contributed by atoms with Gasteiger partial charge in [0.25, 0.3) is 0 Å². The van der Waals surface area contributed by atoms with Gasteiger partial charge in [-0.1, -0.05) is 46.2 Å². The van der Waals surface area contributed by atoms with E-state index in [2.05, 4.69) is 15.9 Å². The van der Waals surface area contributed by atoms with Crippen molar-refractivity contribution in [3.8, 4) is 0 Å². The molecule has 0 N–H and O–H groups in total. The summed E-state index contributed by atoms with van der Waals surface area (Å²) in [4.78, 5) is 0. The van der Waals surface area contributed by atoms with Crippen LogP contribution in [-0.4, -0.2) is 0 Å². The predicted octanol–water partition coefficient (Wildman–Crippen LogP) is 3.60. The minimum Gasteiger partial charge on any atom is -0.0616 e. The highest BCUT2D eigenvalue weighted by Gasteiger charge is 1.90. The van der Waals surface area contributed by atoms with Gasteiger partial charge in [-0.25, -0.2) is 0 Å². The highest BCUT2D eigenvalue weighted by molar-refractivity contribution is 9.10. The van der Waals surface area contributed by atoms with Crippen LogP contribution in [-0.2, 0) is 0 Å². The summed E-state index contributed by atoms with van der Waals surface area (Å²) >= 11 is 3.40. The monoisotopic (exact) mass is 207 g/mol. The number of benzene rings is 2. The first-order valence-electron chi connectivity index (χ1n) is 3.92. The number of hydrogen-bond acceptors (Lipinski definition) is 0. The molecule has 2 aromatic carbocycles. The van der Waals surface area contributed by atoms with Crippen LogP contribution < -0.4 is 0 Å². The van der Waals surface area contributed by atoms with Crippen molar-refractivity contribution in [2.75, 3.05) is 0 Å². The second-order valence-electron chi connectivity index (χ2n) is 2.40. The Morgan fingerprint density at radius 1 is 1.09 bits per heavy atom. The van der Waals surface area contributed by atoms with Crippen molar-refractivity contribution < 1.29 is 1.37 Å². The molecular weight excluding hydrogens is 200 g/mol. The van der Waals surface area contributed by atoms with Gasteiger partial charge >= 0.3 is 0 Å². The van der Waals surface area contributed by atoms with Gasteiger partial charge in [-0.15, -0.1) is 0 Å². The summed E-state index contributed by atoms with van der Waals surface area (Å²) in [6.45, 7) is 0. The van der Waals surface area contributed by atoms with Gasteiger partial charge in [-0.3, -0.25) is 0 Å². The molecule has 0 radical (unpaired) electrons. The van der Waals surface area contributed by atoms with Crippen molar-refractivity contribution in [1.82, 2.24) is 0 Å². The van der Waals surface area contributed by atoms with Crippen LogP contribution in [0.2, 0.25) is 0 Å². The lowest BCUT2D eigenvalue weighted by atomic mass is 10.1. The molecule has 2 rings (SSSR count). The molecule has 0 aliphatic heterocycles. The van der Waals surface area contributed by atoms with Gasteiger partial charge in [0, 0.05) is 4.47 Å². The molecule has 0 bridgehead atoms. The first kappa shape index (κ1) is 5.78. The first-order chi connectivity index (χ1) is 5.77. The second kappa shape index (κ2) is 2.67. The molecule has 0 amide bonds. The van der Waals surface area contributed by atoms with E-state index < -0.39 is 0 Å². The van der Waals surface area contributed by atoms with Gasteiger partial charge in [0.15, 0.2) is 0 Å². The SMILES string of the molecule is [2H]c1cccc2cc(Br)ccc12. The lowest BCUT2D eigenvalue weighted by Crippen LogP contribution is -1.69. The quantitative estimate of drug-likeness (QED) is 0.620. The second-order valence-corrected chi connectivity index (χ2v) is 3.32. The Bertz CT molecular complexity index is 423. The smallest absolute Gasteiger partial charge is 0.0616 e. The standard InChI is InChI=1S/C10H7Br/c11-10-6-5-8-3-1-2-4-9(8)7-10/h1-7H/i3D. The van der Waals surface area contributed by atoms with Crippen LogP contribution in [0.25, 0.3) is 10.8 Å². The zero-order valence-corrected chi connectivity index (χ0v) is 7.43. The van der Waals surface area contributed by atoms with E-state index in [-0.39, 0.29) is 0 Å². The molecule has 0 saturated carbocycles. The third-order valence-corrected chi connectivity index (χ3v) is 2.12. The maximum Gasteiger partial charge on any atom is 0.0629 e. The van der Waals surface area contributed by atoms with Gasteiger partial charge in [0.1, 0.15) is 0 Å². The van der Waals surface area contributed by atoms with Crippen molar-refractivity contribution in [2.45, 2.75) is 0 Å². The largest absolute Gasteiger partial charge is 0.0629 e. The molecule has 0 nitrogen and oxygen atoms in total. The molecular formula is C10H7Br. The highest BCUT2D eigenvalue weighted by atomic mass is 79.9. The lowest BCUT2D eigenvalue weighted by Gasteiger charge is -1.95. The van der Waals surface area contributed by atoms with Gasteiger partial charge < -0.3 is 0 Å². The average molecular weight is 208 g/mol. The molecule has 0 aliphatic rings. The van der Waals surface area contributed by atoms with Crippen LogP contribution in [0.1, 0.15) is 1.37 Å². The normalized spacial score (nSPS) is 11.5. The maximum absolute atomic E-state index is 7.62. The highest BCUT2D eigenvalue weighted by Crippen LogP contribution is 2.18. The summed E-state index contributed by atoms with van der Waals surface area (Å²) in [5, 5.41) is 2.11. The summed E-state index contributed by atoms with van der Waals surface area (Å²) in [5.74, 6) is 0. The van der Waals surface area contributed by atoms with Crippen molar-refractivity contribution in [1.29, 1.82) is 0 Å². The Kier molecular flexibility index (Phi) is 1.40. The van der Waals surface area contributed by atoms with Crippen LogP contribution in [0, 0.1) is 0 Å². The topological polar surface area (TPSA) is 0 Å². The minimum absolute atomic E-state index is 0.583. The van der Waals surface area contributed by atoms with Crippen molar-refractivity contribution >= 4 is 26.7 Å². The van der Waals surface area contributed by atoms with E-state index in [4.69, 9.17) is 1.37 Å². The fourth-order valence-electron chi connectivity index (χ4n) is 1.09. The Morgan fingerprint density at radius 3 is 2.91 bits per heavy atom. The maximum atomic E-state index is 7.62. The number of halogens is 1. The number of rotatable bonds is 0. The summed E-state index contributed by atoms with van der Waals surface area (Å²) in [5.41, 5.74) is 0. The molecule has 0 fully saturated rings. The Labute approximate surface area is 75.4 Å². The average Bonchev–Trinajstić information content (AvgIpc) is 2.04. The van der Waals surface area contributed by atoms with E-state index in [0.717, 1.165) is 15.2 Å². The Hall–Kier alpha value is -0.820. The van der Waals surface area contributed by atoms with Gasteiger partial charge in [-0.2, -0.15) is 0 Å². The van der Waals surface area contributed by atoms with E-state index in [1.807, 2.05) is 30.3 Å². The number of hydrogen-bond donors (Lipinski definition) is 0. The van der Waals surface area contributed by atoms with Gasteiger partial charge in [0.05, 0.1) is 1.37 Å². The predicted molar refractivity (Wildman–Crippen MR) is 51.6 cm³/mol. The summed E-state index contributed by atoms with van der Waals surface area (Å²) < 4.78 is 8.67. The third kappa shape index (κ3) is 1.29. The van der Waals surface area contributed by atoms with E-state index in [1.54, 1.807) is 6.07 Å². The van der Waals surface area contributed by atoms with Crippen LogP contribution in [0.4, 0.5) is 0 Å². The molecule has 0 atom stereocenters. The van der Waals surface area contributed by atoms with E-state index in [1.165, 1.54) is 0 Å². The fraction of sp³-hybridized carbons (Fsp3) is 0. The molecule has 11 heavy (non-hydrogen) atoms. The summed E-state index contributed by atoms with van der Waals surface area (Å²) in [6.07, 6.45) is 0. The van der Waals surface area contributed by atoms with Gasteiger partial charge in [0.2, 0.25) is 0 Å². The summed E-state index contributed by atoms with van der Waals surface area (Å²) in [7, 11) is 0. The fourth-order valence-corrected chi connectivity index (χ4v) is 1.47. The lowest BCUT2D eigenvalue weighted by molar-refractivity contribution is 1.70. The summed E-state index contributed by atoms with van der Waals surface area (Å²) in [6, 6.07) is 12.2. The molecule has 0 saturated heterocycles. The molecule has 2 aromatic rings. The van der Waals surface area contributed by atoms with Gasteiger partial charge in [-0.05, 0) is 22.9 Å². The molecule has 0 aromatic heterocycles. The Morgan fingerprint density at radius 2 is 2.00 bits per heavy atom. The Balaban J connectivity index is 2.86. The van der Waals surface area contributed by atoms with Crippen LogP contribution in [0.5, 0.6) is 0 Å². The van der Waals surface area contributed by atoms with E-state index in [0.29, 0.717) is 6.04 Å². The molecule has 1 heteroatoms. The van der Waals surface area contributed by atoms with Crippen LogP contribution in [0.3, 0.4) is 0 Å². The van der Waals surface area contributed by atoms with Crippen molar-refractivity contribution in [3.05, 3.63) is 46.9 Å². The van der Waals surface area contributed by atoms with Crippen molar-refractivity contribution in [2.24, 2.45) is 0 Å². The van der Waals surface area contributed by atoms with Crippen LogP contribution in [0.15, 0.2) is 46.9 Å². The zero-order valence-electron chi connectivity index (χ0n) is 6.84. The molecule has 0 spiro atoms. The molecule has 0 unspecified atom stereocenters. The van der Waals surface area contributed by atoms with E-state index >= 15 is 0 Å². The molecule has 0 heterocycles. The molecule has 0 aliphatic carbocycles. The van der Waals surface area contributed by atoms with E-state index in [9.17, 15) is 0 Å². The third-order valence-electron chi connectivity index (χ3n) is 1.62. The minimum atomic E-state index is 0.583. The zero-order chi connectivity index (χ0) is 8.55.